The van der Waals surface area contributed by atoms with Gasteiger partial charge in [-0.3, -0.25) is 14.4 Å². The Kier molecular flexibility index (Phi) is 6.06. The Morgan fingerprint density at radius 1 is 1.18 bits per heavy atom. The van der Waals surface area contributed by atoms with Gasteiger partial charge in [-0.2, -0.15) is 0 Å². The number of ether oxygens (including phenoxy) is 1. The van der Waals surface area contributed by atoms with Crippen molar-refractivity contribution in [3.05, 3.63) is 35.4 Å². The van der Waals surface area contributed by atoms with Gasteiger partial charge in [0.05, 0.1) is 6.61 Å². The quantitative estimate of drug-likeness (QED) is 0.386. The van der Waals surface area contributed by atoms with E-state index in [0.717, 1.165) is 11.1 Å². The Hall–Kier alpha value is -2.41. The summed E-state index contributed by atoms with van der Waals surface area (Å²) >= 11 is 0. The zero-order valence-corrected chi connectivity index (χ0v) is 12.5. The van der Waals surface area contributed by atoms with E-state index in [4.69, 9.17) is 14.9 Å². The molecule has 1 amide bonds. The lowest BCUT2D eigenvalue weighted by molar-refractivity contribution is -0.166. The number of aliphatic hydroxyl groups is 1. The van der Waals surface area contributed by atoms with Crippen LogP contribution in [0.15, 0.2) is 24.3 Å². The van der Waals surface area contributed by atoms with Crippen LogP contribution in [0.5, 0.6) is 0 Å². The van der Waals surface area contributed by atoms with E-state index < -0.39 is 30.0 Å². The third-order valence-corrected chi connectivity index (χ3v) is 2.82. The van der Waals surface area contributed by atoms with E-state index in [1.165, 1.54) is 13.8 Å². The first-order chi connectivity index (χ1) is 10.2. The van der Waals surface area contributed by atoms with E-state index in [2.05, 4.69) is 5.32 Å². The highest BCUT2D eigenvalue weighted by Gasteiger charge is 2.30. The highest BCUT2D eigenvalue weighted by molar-refractivity contribution is 5.90. The second kappa shape index (κ2) is 7.56. The molecule has 7 heteroatoms. The van der Waals surface area contributed by atoms with Gasteiger partial charge < -0.3 is 20.3 Å². The first-order valence-corrected chi connectivity index (χ1v) is 6.65. The summed E-state index contributed by atoms with van der Waals surface area (Å²) in [6, 6.07) is 6.89. The largest absolute Gasteiger partial charge is 0.481 e. The number of amides is 1. The number of carbonyl (C=O) groups is 3. The fraction of sp³-hybridized carbons (Fsp3) is 0.400. The molecule has 1 aromatic rings. The highest BCUT2D eigenvalue weighted by atomic mass is 16.6. The van der Waals surface area contributed by atoms with Crippen molar-refractivity contribution >= 4 is 17.8 Å². The number of benzene rings is 1. The van der Waals surface area contributed by atoms with E-state index in [1.807, 2.05) is 0 Å². The average Bonchev–Trinajstić information content (AvgIpc) is 2.36. The van der Waals surface area contributed by atoms with Crippen LogP contribution in [0.1, 0.15) is 31.4 Å². The lowest BCUT2D eigenvalue weighted by atomic mass is 10.0. The summed E-state index contributed by atoms with van der Waals surface area (Å²) in [4.78, 5) is 33.4. The third kappa shape index (κ3) is 5.92. The van der Waals surface area contributed by atoms with Gasteiger partial charge in [-0.15, -0.1) is 0 Å². The standard InChI is InChI=1S/C15H19NO6/c1-10(18)16-15(2,22-14(21)7-13(19)20)8-11-3-5-12(9-17)6-4-11/h3-6,17H,7-9H2,1-2H3,(H,16,18)(H,19,20). The number of aliphatic hydroxyl groups excluding tert-OH is 1. The molecular weight excluding hydrogens is 290 g/mol. The molecule has 0 aliphatic heterocycles. The van der Waals surface area contributed by atoms with Crippen LogP contribution in [0.25, 0.3) is 0 Å². The minimum Gasteiger partial charge on any atom is -0.481 e. The lowest BCUT2D eigenvalue weighted by Crippen LogP contribution is -2.50. The molecule has 0 aliphatic carbocycles. The van der Waals surface area contributed by atoms with Crippen molar-refractivity contribution in [3.63, 3.8) is 0 Å². The number of carbonyl (C=O) groups excluding carboxylic acids is 2. The number of aliphatic carboxylic acids is 1. The second-order valence-corrected chi connectivity index (χ2v) is 5.11. The van der Waals surface area contributed by atoms with Gasteiger partial charge in [-0.25, -0.2) is 0 Å². The van der Waals surface area contributed by atoms with Gasteiger partial charge in [0.1, 0.15) is 6.42 Å². The number of hydrogen-bond donors (Lipinski definition) is 3. The normalized spacial score (nSPS) is 13.0. The van der Waals surface area contributed by atoms with Gasteiger partial charge >= 0.3 is 11.9 Å². The summed E-state index contributed by atoms with van der Waals surface area (Å²) in [5, 5.41) is 20.1. The molecule has 0 radical (unpaired) electrons. The zero-order valence-electron chi connectivity index (χ0n) is 12.5. The SMILES string of the molecule is CC(=O)NC(C)(Cc1ccc(CO)cc1)OC(=O)CC(=O)O. The van der Waals surface area contributed by atoms with Gasteiger partial charge in [-0.1, -0.05) is 24.3 Å². The Morgan fingerprint density at radius 3 is 2.18 bits per heavy atom. The molecule has 3 N–H and O–H groups in total. The van der Waals surface area contributed by atoms with E-state index in [1.54, 1.807) is 24.3 Å². The molecule has 0 spiro atoms. The predicted molar refractivity (Wildman–Crippen MR) is 76.6 cm³/mol. The topological polar surface area (TPSA) is 113 Å². The van der Waals surface area contributed by atoms with Gasteiger partial charge in [0.2, 0.25) is 5.91 Å². The van der Waals surface area contributed by atoms with E-state index in [-0.39, 0.29) is 13.0 Å². The molecule has 0 heterocycles. The van der Waals surface area contributed by atoms with Gasteiger partial charge in [0.15, 0.2) is 5.72 Å². The van der Waals surface area contributed by atoms with Gasteiger partial charge in [-0.05, 0) is 18.1 Å². The smallest absolute Gasteiger partial charge is 0.319 e. The van der Waals surface area contributed by atoms with Crippen molar-refractivity contribution in [2.45, 2.75) is 39.0 Å². The Balaban J connectivity index is 2.87. The molecule has 0 saturated carbocycles. The number of esters is 1. The van der Waals surface area contributed by atoms with E-state index in [0.29, 0.717) is 0 Å². The maximum atomic E-state index is 11.6. The molecule has 120 valence electrons. The van der Waals surface area contributed by atoms with E-state index >= 15 is 0 Å². The maximum Gasteiger partial charge on any atom is 0.319 e. The number of carboxylic acid groups (broad SMARTS) is 1. The highest BCUT2D eigenvalue weighted by Crippen LogP contribution is 2.17. The van der Waals surface area contributed by atoms with Crippen LogP contribution in [0.2, 0.25) is 0 Å². The van der Waals surface area contributed by atoms with Gasteiger partial charge in [0, 0.05) is 13.3 Å². The molecule has 1 atom stereocenters. The Labute approximate surface area is 127 Å². The Bertz CT molecular complexity index is 554. The molecule has 1 unspecified atom stereocenters. The third-order valence-electron chi connectivity index (χ3n) is 2.82. The van der Waals surface area contributed by atoms with Crippen LogP contribution in [0, 0.1) is 0 Å². The Morgan fingerprint density at radius 2 is 1.73 bits per heavy atom. The van der Waals surface area contributed by atoms with E-state index in [9.17, 15) is 14.4 Å². The maximum absolute atomic E-state index is 11.6. The van der Waals surface area contributed by atoms with Crippen LogP contribution < -0.4 is 5.32 Å². The molecule has 0 bridgehead atoms. The van der Waals surface area contributed by atoms with Crippen LogP contribution in [-0.4, -0.2) is 33.8 Å². The second-order valence-electron chi connectivity index (χ2n) is 5.11. The fourth-order valence-electron chi connectivity index (χ4n) is 2.04. The molecule has 22 heavy (non-hydrogen) atoms. The zero-order chi connectivity index (χ0) is 16.8. The van der Waals surface area contributed by atoms with Crippen molar-refractivity contribution in [3.8, 4) is 0 Å². The number of carboxylic acids is 1. The summed E-state index contributed by atoms with van der Waals surface area (Å²) in [6.45, 7) is 2.68. The van der Waals surface area contributed by atoms with Gasteiger partial charge in [0.25, 0.3) is 0 Å². The summed E-state index contributed by atoms with van der Waals surface area (Å²) in [6.07, 6.45) is -0.609. The van der Waals surface area contributed by atoms with Crippen molar-refractivity contribution < 1.29 is 29.3 Å². The van der Waals surface area contributed by atoms with Crippen molar-refractivity contribution in [1.82, 2.24) is 5.32 Å². The number of hydrogen-bond acceptors (Lipinski definition) is 5. The summed E-state index contributed by atoms with van der Waals surface area (Å²) in [5.74, 6) is -2.64. The first kappa shape index (κ1) is 17.6. The molecule has 7 nitrogen and oxygen atoms in total. The van der Waals surface area contributed by atoms with Crippen molar-refractivity contribution in [1.29, 1.82) is 0 Å². The minimum absolute atomic E-state index is 0.0865. The number of rotatable bonds is 7. The predicted octanol–water partition coefficient (Wildman–Crippen LogP) is 0.592. The first-order valence-electron chi connectivity index (χ1n) is 6.65. The summed E-state index contributed by atoms with van der Waals surface area (Å²) < 4.78 is 5.12. The molecule has 0 saturated heterocycles. The van der Waals surface area contributed by atoms with Crippen LogP contribution in [0.4, 0.5) is 0 Å². The monoisotopic (exact) mass is 309 g/mol. The molecule has 0 aromatic heterocycles. The average molecular weight is 309 g/mol. The lowest BCUT2D eigenvalue weighted by Gasteiger charge is -2.30. The van der Waals surface area contributed by atoms with Crippen LogP contribution in [0.3, 0.4) is 0 Å². The van der Waals surface area contributed by atoms with Crippen molar-refractivity contribution in [2.75, 3.05) is 0 Å². The molecule has 0 aliphatic rings. The van der Waals surface area contributed by atoms with Crippen molar-refractivity contribution in [2.24, 2.45) is 0 Å². The van der Waals surface area contributed by atoms with Crippen LogP contribution >= 0.6 is 0 Å². The molecule has 1 rings (SSSR count). The fourth-order valence-corrected chi connectivity index (χ4v) is 2.04. The minimum atomic E-state index is -1.35. The van der Waals surface area contributed by atoms with Crippen LogP contribution in [-0.2, 0) is 32.1 Å². The summed E-state index contributed by atoms with van der Waals surface area (Å²) in [7, 11) is 0. The molecule has 1 aromatic carbocycles. The molecule has 0 fully saturated rings. The summed E-state index contributed by atoms with van der Waals surface area (Å²) in [5.41, 5.74) is 0.142. The molecular formula is C15H19NO6. The number of nitrogens with one attached hydrogen (secondary N) is 1.